The van der Waals surface area contributed by atoms with Gasteiger partial charge < -0.3 is 23.8 Å². The van der Waals surface area contributed by atoms with Crippen LogP contribution in [0, 0.1) is 5.82 Å². The summed E-state index contributed by atoms with van der Waals surface area (Å²) >= 11 is 0. The minimum atomic E-state index is -0.704. The number of fused-ring (bicyclic) bond motifs is 1. The van der Waals surface area contributed by atoms with Gasteiger partial charge in [0.1, 0.15) is 24.7 Å². The molecule has 2 aliphatic rings. The van der Waals surface area contributed by atoms with Gasteiger partial charge in [0.25, 0.3) is 5.91 Å². The lowest BCUT2D eigenvalue weighted by molar-refractivity contribution is 0.0565. The van der Waals surface area contributed by atoms with E-state index in [1.807, 2.05) is 48.5 Å². The number of carbonyl (C=O) groups is 1. The summed E-state index contributed by atoms with van der Waals surface area (Å²) < 4.78 is 38.3. The standard InChI is InChI=1S/C30H33FN2O5/c1-35-24-9-5-21(6-10-24)19-37-27-14-13-26(30(34)33-17-16-32-15-3-4-23(32)18-33)28(31)29(27)38-20-22-7-11-25(36-2)12-8-22/h5-14,23H,3-4,15-20H2,1-2H3/t23-/m0/s1. The molecule has 1 amide bonds. The van der Waals surface area contributed by atoms with Crippen molar-refractivity contribution in [2.75, 3.05) is 40.4 Å². The molecule has 200 valence electrons. The van der Waals surface area contributed by atoms with Crippen LogP contribution in [0.1, 0.15) is 34.3 Å². The van der Waals surface area contributed by atoms with Crippen molar-refractivity contribution in [3.63, 3.8) is 0 Å². The van der Waals surface area contributed by atoms with Gasteiger partial charge in [0.2, 0.25) is 0 Å². The summed E-state index contributed by atoms with van der Waals surface area (Å²) in [5, 5.41) is 0. The molecule has 2 saturated heterocycles. The van der Waals surface area contributed by atoms with Crippen molar-refractivity contribution < 1.29 is 28.1 Å². The minimum absolute atomic E-state index is 0.00187. The molecule has 0 radical (unpaired) electrons. The van der Waals surface area contributed by atoms with E-state index in [4.69, 9.17) is 18.9 Å². The molecule has 8 heteroatoms. The summed E-state index contributed by atoms with van der Waals surface area (Å²) in [4.78, 5) is 17.6. The lowest BCUT2D eigenvalue weighted by atomic mass is 10.1. The Hall–Kier alpha value is -3.78. The Labute approximate surface area is 222 Å². The van der Waals surface area contributed by atoms with Gasteiger partial charge in [-0.1, -0.05) is 24.3 Å². The molecular formula is C30H33FN2O5. The Kier molecular flexibility index (Phi) is 7.98. The second kappa shape index (κ2) is 11.7. The Balaban J connectivity index is 1.37. The van der Waals surface area contributed by atoms with E-state index >= 15 is 4.39 Å². The maximum Gasteiger partial charge on any atom is 0.257 e. The third kappa shape index (κ3) is 5.70. The molecule has 3 aromatic carbocycles. The van der Waals surface area contributed by atoms with Crippen LogP contribution in [0.4, 0.5) is 4.39 Å². The topological polar surface area (TPSA) is 60.5 Å². The zero-order valence-corrected chi connectivity index (χ0v) is 21.8. The Morgan fingerprint density at radius 3 is 2.11 bits per heavy atom. The molecule has 1 atom stereocenters. The number of nitrogens with zero attached hydrogens (tertiary/aromatic N) is 2. The predicted molar refractivity (Wildman–Crippen MR) is 142 cm³/mol. The molecule has 0 bridgehead atoms. The van der Waals surface area contributed by atoms with Crippen molar-refractivity contribution >= 4 is 5.91 Å². The summed E-state index contributed by atoms with van der Waals surface area (Å²) in [6.45, 7) is 3.42. The zero-order valence-electron chi connectivity index (χ0n) is 21.8. The highest BCUT2D eigenvalue weighted by molar-refractivity contribution is 5.95. The SMILES string of the molecule is COc1ccc(COc2ccc(C(=O)N3CCN4CCC[C@H]4C3)c(F)c2OCc2ccc(OC)cc2)cc1. The van der Waals surface area contributed by atoms with Crippen LogP contribution in [0.2, 0.25) is 0 Å². The largest absolute Gasteiger partial charge is 0.497 e. The van der Waals surface area contributed by atoms with Crippen molar-refractivity contribution in [1.82, 2.24) is 9.80 Å². The number of hydrogen-bond donors (Lipinski definition) is 0. The van der Waals surface area contributed by atoms with E-state index in [9.17, 15) is 4.79 Å². The number of benzene rings is 3. The lowest BCUT2D eigenvalue weighted by Gasteiger charge is -2.37. The van der Waals surface area contributed by atoms with E-state index in [1.54, 1.807) is 25.2 Å². The molecule has 0 unspecified atom stereocenters. The van der Waals surface area contributed by atoms with E-state index in [1.165, 1.54) is 6.07 Å². The Morgan fingerprint density at radius 2 is 1.47 bits per heavy atom. The number of rotatable bonds is 9. The first kappa shape index (κ1) is 25.9. The van der Waals surface area contributed by atoms with Crippen molar-refractivity contribution in [2.45, 2.75) is 32.1 Å². The van der Waals surface area contributed by atoms with Crippen LogP contribution in [0.5, 0.6) is 23.0 Å². The fourth-order valence-corrected chi connectivity index (χ4v) is 5.06. The first-order valence-electron chi connectivity index (χ1n) is 12.9. The molecule has 0 spiro atoms. The third-order valence-corrected chi connectivity index (χ3v) is 7.26. The van der Waals surface area contributed by atoms with Gasteiger partial charge in [0.15, 0.2) is 17.3 Å². The highest BCUT2D eigenvalue weighted by Crippen LogP contribution is 2.35. The number of hydrogen-bond acceptors (Lipinski definition) is 6. The molecule has 2 aliphatic heterocycles. The third-order valence-electron chi connectivity index (χ3n) is 7.26. The summed E-state index contributed by atoms with van der Waals surface area (Å²) in [5.41, 5.74) is 1.72. The monoisotopic (exact) mass is 520 g/mol. The summed E-state index contributed by atoms with van der Waals surface area (Å²) in [7, 11) is 3.21. The van der Waals surface area contributed by atoms with Crippen molar-refractivity contribution in [3.05, 3.63) is 83.2 Å². The van der Waals surface area contributed by atoms with Crippen LogP contribution >= 0.6 is 0 Å². The fourth-order valence-electron chi connectivity index (χ4n) is 5.06. The average Bonchev–Trinajstić information content (AvgIpc) is 3.44. The highest BCUT2D eigenvalue weighted by Gasteiger charge is 2.34. The molecule has 38 heavy (non-hydrogen) atoms. The number of piperazine rings is 1. The number of methoxy groups -OCH3 is 2. The molecule has 2 heterocycles. The number of carbonyl (C=O) groups excluding carboxylic acids is 1. The first-order valence-corrected chi connectivity index (χ1v) is 12.9. The molecule has 5 rings (SSSR count). The van der Waals surface area contributed by atoms with Gasteiger partial charge >= 0.3 is 0 Å². The highest BCUT2D eigenvalue weighted by atomic mass is 19.1. The van der Waals surface area contributed by atoms with Gasteiger partial charge in [-0.15, -0.1) is 0 Å². The van der Waals surface area contributed by atoms with Crippen LogP contribution in [0.15, 0.2) is 60.7 Å². The van der Waals surface area contributed by atoms with Crippen LogP contribution < -0.4 is 18.9 Å². The van der Waals surface area contributed by atoms with Crippen LogP contribution in [0.3, 0.4) is 0 Å². The van der Waals surface area contributed by atoms with Gasteiger partial charge in [-0.2, -0.15) is 0 Å². The van der Waals surface area contributed by atoms with Crippen LogP contribution in [0.25, 0.3) is 0 Å². The Morgan fingerprint density at radius 1 is 0.842 bits per heavy atom. The molecule has 7 nitrogen and oxygen atoms in total. The summed E-state index contributed by atoms with van der Waals surface area (Å²) in [6.07, 6.45) is 2.21. The Bertz CT molecular complexity index is 1250. The van der Waals surface area contributed by atoms with Gasteiger partial charge in [0.05, 0.1) is 19.8 Å². The molecule has 0 aromatic heterocycles. The second-order valence-electron chi connectivity index (χ2n) is 9.61. The molecule has 0 aliphatic carbocycles. The predicted octanol–water partition coefficient (Wildman–Crippen LogP) is 4.92. The maximum atomic E-state index is 16.0. The smallest absolute Gasteiger partial charge is 0.257 e. The average molecular weight is 521 g/mol. The second-order valence-corrected chi connectivity index (χ2v) is 9.61. The normalized spacial score (nSPS) is 17.1. The van der Waals surface area contributed by atoms with E-state index in [0.29, 0.717) is 19.1 Å². The first-order chi connectivity index (χ1) is 18.6. The van der Waals surface area contributed by atoms with Gasteiger partial charge in [-0.3, -0.25) is 9.69 Å². The van der Waals surface area contributed by atoms with Crippen LogP contribution in [-0.2, 0) is 13.2 Å². The number of ether oxygens (including phenoxy) is 4. The number of amides is 1. The summed E-state index contributed by atoms with van der Waals surface area (Å²) in [5.74, 6) is 0.612. The summed E-state index contributed by atoms with van der Waals surface area (Å²) in [6, 6.07) is 18.3. The van der Waals surface area contributed by atoms with E-state index in [2.05, 4.69) is 4.90 Å². The van der Waals surface area contributed by atoms with Gasteiger partial charge in [-0.25, -0.2) is 4.39 Å². The maximum absolute atomic E-state index is 16.0. The molecule has 0 saturated carbocycles. The van der Waals surface area contributed by atoms with Gasteiger partial charge in [-0.05, 0) is 66.9 Å². The fraction of sp³-hybridized carbons (Fsp3) is 0.367. The van der Waals surface area contributed by atoms with Crippen molar-refractivity contribution in [3.8, 4) is 23.0 Å². The lowest BCUT2D eigenvalue weighted by Crippen LogP contribution is -2.52. The van der Waals surface area contributed by atoms with Crippen molar-refractivity contribution in [2.24, 2.45) is 0 Å². The van der Waals surface area contributed by atoms with E-state index < -0.39 is 5.82 Å². The molecule has 3 aromatic rings. The van der Waals surface area contributed by atoms with Gasteiger partial charge in [0, 0.05) is 25.7 Å². The van der Waals surface area contributed by atoms with E-state index in [-0.39, 0.29) is 36.2 Å². The van der Waals surface area contributed by atoms with E-state index in [0.717, 1.165) is 48.6 Å². The quantitative estimate of drug-likeness (QED) is 0.399. The zero-order chi connectivity index (χ0) is 26.5. The molecular weight excluding hydrogens is 487 g/mol. The van der Waals surface area contributed by atoms with Crippen LogP contribution in [-0.4, -0.2) is 62.1 Å². The number of halogens is 1. The molecule has 0 N–H and O–H groups in total. The molecule has 2 fully saturated rings. The minimum Gasteiger partial charge on any atom is -0.497 e. The van der Waals surface area contributed by atoms with Crippen molar-refractivity contribution in [1.29, 1.82) is 0 Å².